The Balaban J connectivity index is 2.06. The Bertz CT molecular complexity index is 595. The van der Waals surface area contributed by atoms with Crippen LogP contribution in [0, 0.1) is 5.92 Å². The molecule has 2 N–H and O–H groups in total. The maximum atomic E-state index is 5.95. The van der Waals surface area contributed by atoms with Crippen LogP contribution in [0.4, 0.5) is 5.82 Å². The second kappa shape index (κ2) is 5.10. The van der Waals surface area contributed by atoms with Gasteiger partial charge in [-0.05, 0) is 30.9 Å². The standard InChI is InChI=1S/C15H18BrN3/c1-19(14(9-17)10-5-6-10)15-12-3-2-4-13(16)11(12)7-8-18-15/h2-4,7-8,10,14H,5-6,9,17H2,1H3. The lowest BCUT2D eigenvalue weighted by atomic mass is 10.1. The predicted molar refractivity (Wildman–Crippen MR) is 83.4 cm³/mol. The van der Waals surface area contributed by atoms with E-state index in [0.717, 1.165) is 16.2 Å². The van der Waals surface area contributed by atoms with Crippen molar-refractivity contribution in [3.63, 3.8) is 0 Å². The van der Waals surface area contributed by atoms with E-state index >= 15 is 0 Å². The molecule has 3 rings (SSSR count). The average Bonchev–Trinajstić information content (AvgIpc) is 3.24. The van der Waals surface area contributed by atoms with E-state index < -0.39 is 0 Å². The Hall–Kier alpha value is -1.13. The molecule has 19 heavy (non-hydrogen) atoms. The second-order valence-electron chi connectivity index (χ2n) is 5.22. The quantitative estimate of drug-likeness (QED) is 0.941. The number of benzene rings is 1. The topological polar surface area (TPSA) is 42.2 Å². The summed E-state index contributed by atoms with van der Waals surface area (Å²) in [5, 5.41) is 2.38. The van der Waals surface area contributed by atoms with Gasteiger partial charge in [-0.2, -0.15) is 0 Å². The van der Waals surface area contributed by atoms with Gasteiger partial charge in [0.05, 0.1) is 0 Å². The second-order valence-corrected chi connectivity index (χ2v) is 6.08. The molecule has 0 spiro atoms. The lowest BCUT2D eigenvalue weighted by Gasteiger charge is -2.29. The maximum absolute atomic E-state index is 5.95. The van der Waals surface area contributed by atoms with Gasteiger partial charge in [0.1, 0.15) is 5.82 Å². The fraction of sp³-hybridized carbons (Fsp3) is 0.400. The molecule has 1 aromatic heterocycles. The first-order valence-electron chi connectivity index (χ1n) is 6.68. The summed E-state index contributed by atoms with van der Waals surface area (Å²) in [5.74, 6) is 1.76. The normalized spacial score (nSPS) is 16.6. The molecule has 0 radical (unpaired) electrons. The van der Waals surface area contributed by atoms with E-state index in [-0.39, 0.29) is 0 Å². The van der Waals surface area contributed by atoms with Crippen LogP contribution < -0.4 is 10.6 Å². The first kappa shape index (κ1) is 12.9. The third-order valence-electron chi connectivity index (χ3n) is 3.97. The van der Waals surface area contributed by atoms with E-state index in [1.807, 2.05) is 12.3 Å². The zero-order chi connectivity index (χ0) is 13.4. The predicted octanol–water partition coefficient (Wildman–Crippen LogP) is 3.17. The minimum absolute atomic E-state index is 0.400. The van der Waals surface area contributed by atoms with Gasteiger partial charge in [-0.25, -0.2) is 4.98 Å². The van der Waals surface area contributed by atoms with Gasteiger partial charge in [-0.3, -0.25) is 0 Å². The molecule has 0 amide bonds. The fourth-order valence-corrected chi connectivity index (χ4v) is 3.24. The van der Waals surface area contributed by atoms with Gasteiger partial charge >= 0.3 is 0 Å². The minimum atomic E-state index is 0.400. The molecule has 0 aliphatic heterocycles. The van der Waals surface area contributed by atoms with Crippen LogP contribution in [-0.2, 0) is 0 Å². The van der Waals surface area contributed by atoms with E-state index in [0.29, 0.717) is 12.6 Å². The molecular weight excluding hydrogens is 302 g/mol. The summed E-state index contributed by atoms with van der Waals surface area (Å²) in [4.78, 5) is 6.83. The van der Waals surface area contributed by atoms with Crippen molar-refractivity contribution in [2.24, 2.45) is 11.7 Å². The molecule has 0 saturated heterocycles. The van der Waals surface area contributed by atoms with Crippen molar-refractivity contribution >= 4 is 32.5 Å². The number of fused-ring (bicyclic) bond motifs is 1. The molecule has 1 aliphatic carbocycles. The zero-order valence-electron chi connectivity index (χ0n) is 11.0. The van der Waals surface area contributed by atoms with Crippen LogP contribution >= 0.6 is 15.9 Å². The fourth-order valence-electron chi connectivity index (χ4n) is 2.74. The molecule has 0 bridgehead atoms. The average molecular weight is 320 g/mol. The molecular formula is C15H18BrN3. The first-order chi connectivity index (χ1) is 9.22. The summed E-state index contributed by atoms with van der Waals surface area (Å²) in [6.45, 7) is 0.688. The summed E-state index contributed by atoms with van der Waals surface area (Å²) in [6, 6.07) is 8.69. The maximum Gasteiger partial charge on any atom is 0.136 e. The Labute approximate surface area is 121 Å². The summed E-state index contributed by atoms with van der Waals surface area (Å²) in [7, 11) is 2.11. The monoisotopic (exact) mass is 319 g/mol. The van der Waals surface area contributed by atoms with Crippen molar-refractivity contribution in [2.45, 2.75) is 18.9 Å². The highest BCUT2D eigenvalue weighted by Crippen LogP contribution is 2.37. The molecule has 1 heterocycles. The molecule has 4 heteroatoms. The highest BCUT2D eigenvalue weighted by molar-refractivity contribution is 9.10. The first-order valence-corrected chi connectivity index (χ1v) is 7.48. The zero-order valence-corrected chi connectivity index (χ0v) is 12.6. The van der Waals surface area contributed by atoms with E-state index in [4.69, 9.17) is 5.73 Å². The number of hydrogen-bond acceptors (Lipinski definition) is 3. The molecule has 1 unspecified atom stereocenters. The molecule has 1 aromatic carbocycles. The number of nitrogens with two attached hydrogens (primary N) is 1. The van der Waals surface area contributed by atoms with Crippen molar-refractivity contribution < 1.29 is 0 Å². The third kappa shape index (κ3) is 2.35. The van der Waals surface area contributed by atoms with E-state index in [1.54, 1.807) is 0 Å². The van der Waals surface area contributed by atoms with Gasteiger partial charge in [0.25, 0.3) is 0 Å². The van der Waals surface area contributed by atoms with Crippen molar-refractivity contribution in [3.05, 3.63) is 34.9 Å². The van der Waals surface area contributed by atoms with Crippen molar-refractivity contribution in [3.8, 4) is 0 Å². The van der Waals surface area contributed by atoms with Crippen LogP contribution in [0.1, 0.15) is 12.8 Å². The molecule has 1 aliphatic rings. The molecule has 1 saturated carbocycles. The van der Waals surface area contributed by atoms with Gasteiger partial charge in [0.2, 0.25) is 0 Å². The summed E-state index contributed by atoms with van der Waals surface area (Å²) in [5.41, 5.74) is 5.95. The number of rotatable bonds is 4. The van der Waals surface area contributed by atoms with E-state index in [2.05, 4.69) is 51.1 Å². The van der Waals surface area contributed by atoms with Gasteiger partial charge in [-0.15, -0.1) is 0 Å². The van der Waals surface area contributed by atoms with Crippen LogP contribution in [0.2, 0.25) is 0 Å². The van der Waals surface area contributed by atoms with Crippen molar-refractivity contribution in [2.75, 3.05) is 18.5 Å². The molecule has 2 aromatic rings. The van der Waals surface area contributed by atoms with Crippen LogP contribution in [0.15, 0.2) is 34.9 Å². The van der Waals surface area contributed by atoms with Gasteiger partial charge in [0, 0.05) is 41.1 Å². The van der Waals surface area contributed by atoms with Crippen molar-refractivity contribution in [1.82, 2.24) is 4.98 Å². The minimum Gasteiger partial charge on any atom is -0.355 e. The van der Waals surface area contributed by atoms with Crippen LogP contribution in [0.25, 0.3) is 10.8 Å². The highest BCUT2D eigenvalue weighted by Gasteiger charge is 2.33. The number of hydrogen-bond donors (Lipinski definition) is 1. The van der Waals surface area contributed by atoms with Crippen molar-refractivity contribution in [1.29, 1.82) is 0 Å². The van der Waals surface area contributed by atoms with Gasteiger partial charge < -0.3 is 10.6 Å². The molecule has 3 nitrogen and oxygen atoms in total. The Morgan fingerprint density at radius 1 is 1.37 bits per heavy atom. The summed E-state index contributed by atoms with van der Waals surface area (Å²) >= 11 is 3.60. The number of pyridine rings is 1. The van der Waals surface area contributed by atoms with Crippen LogP contribution in [0.5, 0.6) is 0 Å². The molecule has 1 atom stereocenters. The van der Waals surface area contributed by atoms with E-state index in [1.165, 1.54) is 23.6 Å². The SMILES string of the molecule is CN(c1nccc2c(Br)cccc12)C(CN)C1CC1. The number of anilines is 1. The lowest BCUT2D eigenvalue weighted by molar-refractivity contribution is 0.568. The van der Waals surface area contributed by atoms with Crippen LogP contribution in [0.3, 0.4) is 0 Å². The van der Waals surface area contributed by atoms with Gasteiger partial charge in [-0.1, -0.05) is 28.1 Å². The number of aromatic nitrogens is 1. The van der Waals surface area contributed by atoms with Gasteiger partial charge in [0.15, 0.2) is 0 Å². The Morgan fingerprint density at radius 2 is 2.16 bits per heavy atom. The number of likely N-dealkylation sites (N-methyl/N-ethyl adjacent to an activating group) is 1. The summed E-state index contributed by atoms with van der Waals surface area (Å²) in [6.07, 6.45) is 4.46. The smallest absolute Gasteiger partial charge is 0.136 e. The van der Waals surface area contributed by atoms with E-state index in [9.17, 15) is 0 Å². The number of nitrogens with zero attached hydrogens (tertiary/aromatic N) is 2. The largest absolute Gasteiger partial charge is 0.355 e. The Morgan fingerprint density at radius 3 is 2.84 bits per heavy atom. The summed E-state index contributed by atoms with van der Waals surface area (Å²) < 4.78 is 1.11. The highest BCUT2D eigenvalue weighted by atomic mass is 79.9. The van der Waals surface area contributed by atoms with Crippen LogP contribution in [-0.4, -0.2) is 24.6 Å². The third-order valence-corrected chi connectivity index (χ3v) is 4.66. The molecule has 100 valence electrons. The Kier molecular flexibility index (Phi) is 3.46. The number of halogens is 1. The molecule has 1 fully saturated rings. The lowest BCUT2D eigenvalue weighted by Crippen LogP contribution is -2.40.